The molecule has 0 N–H and O–H groups in total. The lowest BCUT2D eigenvalue weighted by Crippen LogP contribution is -2.27. The summed E-state index contributed by atoms with van der Waals surface area (Å²) in [5.41, 5.74) is 1.63. The minimum Gasteiger partial charge on any atom is -0.489 e. The number of carbonyl (C=O) groups excluding carboxylic acids is 2. The van der Waals surface area contributed by atoms with Crippen LogP contribution in [0.2, 0.25) is 10.0 Å². The Balaban J connectivity index is 1.49. The van der Waals surface area contributed by atoms with Crippen molar-refractivity contribution in [3.8, 4) is 5.75 Å². The van der Waals surface area contributed by atoms with Crippen LogP contribution in [0.1, 0.15) is 16.7 Å². The fraction of sp³-hybridized carbons (Fsp3) is 0.0833. The number of amides is 2. The van der Waals surface area contributed by atoms with E-state index in [0.29, 0.717) is 26.8 Å². The average Bonchev–Trinajstić information content (AvgIpc) is 3.02. The van der Waals surface area contributed by atoms with Gasteiger partial charge in [-0.3, -0.25) is 14.5 Å². The van der Waals surface area contributed by atoms with Gasteiger partial charge in [-0.1, -0.05) is 59.6 Å². The second kappa shape index (κ2) is 9.77. The SMILES string of the molecule is O=C1S/C(=C\c2cccc(OCc3c(F)cccc3Cl)c2)C(=O)N1Cc1ccccc1Cl. The topological polar surface area (TPSA) is 46.6 Å². The Labute approximate surface area is 198 Å². The summed E-state index contributed by atoms with van der Waals surface area (Å²) in [7, 11) is 0. The van der Waals surface area contributed by atoms with E-state index in [0.717, 1.165) is 16.7 Å². The minimum atomic E-state index is -0.444. The maximum Gasteiger partial charge on any atom is 0.293 e. The molecule has 0 spiro atoms. The molecule has 0 saturated carbocycles. The van der Waals surface area contributed by atoms with Gasteiger partial charge in [0.05, 0.1) is 16.5 Å². The Hall–Kier alpha value is -2.80. The number of imide groups is 1. The molecule has 1 saturated heterocycles. The summed E-state index contributed by atoms with van der Waals surface area (Å²) in [6.45, 7) is 0.0670. The molecule has 0 aromatic heterocycles. The van der Waals surface area contributed by atoms with Crippen LogP contribution >= 0.6 is 35.0 Å². The van der Waals surface area contributed by atoms with Crippen molar-refractivity contribution in [2.24, 2.45) is 0 Å². The van der Waals surface area contributed by atoms with Gasteiger partial charge in [-0.2, -0.15) is 0 Å². The van der Waals surface area contributed by atoms with Crippen molar-refractivity contribution in [2.45, 2.75) is 13.2 Å². The molecule has 1 aliphatic heterocycles. The molecule has 0 atom stereocenters. The van der Waals surface area contributed by atoms with E-state index in [1.54, 1.807) is 60.7 Å². The van der Waals surface area contributed by atoms with Crippen LogP contribution in [0.3, 0.4) is 0 Å². The van der Waals surface area contributed by atoms with Gasteiger partial charge in [0.25, 0.3) is 11.1 Å². The summed E-state index contributed by atoms with van der Waals surface area (Å²) in [4.78, 5) is 26.7. The van der Waals surface area contributed by atoms with Gasteiger partial charge < -0.3 is 4.74 Å². The first-order chi connectivity index (χ1) is 15.4. The Morgan fingerprint density at radius 1 is 0.969 bits per heavy atom. The van der Waals surface area contributed by atoms with E-state index in [-0.39, 0.29) is 34.9 Å². The average molecular weight is 488 g/mol. The van der Waals surface area contributed by atoms with Gasteiger partial charge in [0.1, 0.15) is 18.2 Å². The number of rotatable bonds is 6. The van der Waals surface area contributed by atoms with E-state index in [1.807, 2.05) is 0 Å². The van der Waals surface area contributed by atoms with Crippen molar-refractivity contribution in [3.05, 3.63) is 104 Å². The van der Waals surface area contributed by atoms with Crippen molar-refractivity contribution >= 4 is 52.2 Å². The first kappa shape index (κ1) is 22.4. The van der Waals surface area contributed by atoms with Crippen LogP contribution in [0.4, 0.5) is 9.18 Å². The predicted molar refractivity (Wildman–Crippen MR) is 125 cm³/mol. The summed E-state index contributed by atoms with van der Waals surface area (Å²) >= 11 is 13.1. The fourth-order valence-electron chi connectivity index (χ4n) is 3.10. The molecular formula is C24H16Cl2FNO3S. The van der Waals surface area contributed by atoms with E-state index in [1.165, 1.54) is 12.1 Å². The van der Waals surface area contributed by atoms with Crippen LogP contribution in [-0.2, 0) is 17.9 Å². The van der Waals surface area contributed by atoms with Gasteiger partial charge in [-0.25, -0.2) is 4.39 Å². The standard InChI is InChI=1S/C24H16Cl2FNO3S/c25-19-8-2-1-6-16(19)13-28-23(29)22(32-24(28)30)12-15-5-3-7-17(11-15)31-14-18-20(26)9-4-10-21(18)27/h1-12H,13-14H2/b22-12-. The zero-order chi connectivity index (χ0) is 22.7. The number of thioether (sulfide) groups is 1. The molecule has 1 fully saturated rings. The molecule has 1 heterocycles. The Bertz CT molecular complexity index is 1210. The highest BCUT2D eigenvalue weighted by molar-refractivity contribution is 8.18. The number of halogens is 3. The maximum absolute atomic E-state index is 13.9. The normalized spacial score (nSPS) is 15.0. The summed E-state index contributed by atoms with van der Waals surface area (Å²) in [5, 5.41) is 0.423. The van der Waals surface area contributed by atoms with E-state index in [9.17, 15) is 14.0 Å². The lowest BCUT2D eigenvalue weighted by atomic mass is 10.2. The van der Waals surface area contributed by atoms with Gasteiger partial charge in [0.15, 0.2) is 0 Å². The molecule has 3 aromatic rings. The van der Waals surface area contributed by atoms with Crippen LogP contribution in [0.25, 0.3) is 6.08 Å². The van der Waals surface area contributed by atoms with Crippen LogP contribution in [0.5, 0.6) is 5.75 Å². The van der Waals surface area contributed by atoms with Gasteiger partial charge in [-0.05, 0) is 59.3 Å². The van der Waals surface area contributed by atoms with Crippen molar-refractivity contribution in [3.63, 3.8) is 0 Å². The van der Waals surface area contributed by atoms with Crippen LogP contribution in [0.15, 0.2) is 71.6 Å². The first-order valence-corrected chi connectivity index (χ1v) is 11.1. The van der Waals surface area contributed by atoms with Gasteiger partial charge in [0.2, 0.25) is 0 Å². The summed E-state index contributed by atoms with van der Waals surface area (Å²) < 4.78 is 19.6. The number of hydrogen-bond donors (Lipinski definition) is 0. The molecule has 0 radical (unpaired) electrons. The highest BCUT2D eigenvalue weighted by Crippen LogP contribution is 2.34. The number of carbonyl (C=O) groups is 2. The first-order valence-electron chi connectivity index (χ1n) is 9.57. The zero-order valence-corrected chi connectivity index (χ0v) is 18.9. The monoisotopic (exact) mass is 487 g/mol. The maximum atomic E-state index is 13.9. The lowest BCUT2D eigenvalue weighted by molar-refractivity contribution is -0.123. The third-order valence-electron chi connectivity index (χ3n) is 4.76. The Morgan fingerprint density at radius 3 is 2.50 bits per heavy atom. The second-order valence-corrected chi connectivity index (χ2v) is 8.73. The molecule has 4 rings (SSSR count). The number of ether oxygens (including phenoxy) is 1. The molecule has 4 nitrogen and oxygen atoms in total. The number of benzene rings is 3. The molecule has 32 heavy (non-hydrogen) atoms. The quantitative estimate of drug-likeness (QED) is 0.353. The van der Waals surface area contributed by atoms with E-state index < -0.39 is 5.82 Å². The van der Waals surface area contributed by atoms with Crippen LogP contribution in [0, 0.1) is 5.82 Å². The van der Waals surface area contributed by atoms with E-state index in [4.69, 9.17) is 27.9 Å². The second-order valence-electron chi connectivity index (χ2n) is 6.92. The third-order valence-corrected chi connectivity index (χ3v) is 6.39. The van der Waals surface area contributed by atoms with E-state index in [2.05, 4.69) is 0 Å². The zero-order valence-electron chi connectivity index (χ0n) is 16.6. The van der Waals surface area contributed by atoms with Crippen molar-refractivity contribution in [2.75, 3.05) is 0 Å². The highest BCUT2D eigenvalue weighted by atomic mass is 35.5. The number of hydrogen-bond acceptors (Lipinski definition) is 4. The molecule has 162 valence electrons. The summed E-state index contributed by atoms with van der Waals surface area (Å²) in [6.07, 6.45) is 1.63. The smallest absolute Gasteiger partial charge is 0.293 e. The van der Waals surface area contributed by atoms with Crippen LogP contribution in [-0.4, -0.2) is 16.0 Å². The summed E-state index contributed by atoms with van der Waals surface area (Å²) in [6, 6.07) is 18.5. The predicted octanol–water partition coefficient (Wildman–Crippen LogP) is 6.95. The molecule has 0 aliphatic carbocycles. The largest absolute Gasteiger partial charge is 0.489 e. The molecular weight excluding hydrogens is 472 g/mol. The summed E-state index contributed by atoms with van der Waals surface area (Å²) in [5.74, 6) is -0.349. The van der Waals surface area contributed by atoms with Crippen molar-refractivity contribution in [1.29, 1.82) is 0 Å². The molecule has 8 heteroatoms. The van der Waals surface area contributed by atoms with Gasteiger partial charge in [0, 0.05) is 10.6 Å². The molecule has 1 aliphatic rings. The molecule has 0 bridgehead atoms. The molecule has 2 amide bonds. The fourth-order valence-corrected chi connectivity index (χ4v) is 4.36. The van der Waals surface area contributed by atoms with Crippen molar-refractivity contribution in [1.82, 2.24) is 4.90 Å². The highest BCUT2D eigenvalue weighted by Gasteiger charge is 2.35. The van der Waals surface area contributed by atoms with Gasteiger partial charge >= 0.3 is 0 Å². The minimum absolute atomic E-state index is 0.0384. The van der Waals surface area contributed by atoms with Gasteiger partial charge in [-0.15, -0.1) is 0 Å². The van der Waals surface area contributed by atoms with E-state index >= 15 is 0 Å². The molecule has 3 aromatic carbocycles. The lowest BCUT2D eigenvalue weighted by Gasteiger charge is -2.13. The molecule has 0 unspecified atom stereocenters. The Morgan fingerprint density at radius 2 is 1.72 bits per heavy atom. The Kier molecular flexibility index (Phi) is 6.84. The third kappa shape index (κ3) is 4.99. The number of nitrogens with zero attached hydrogens (tertiary/aromatic N) is 1. The van der Waals surface area contributed by atoms with Crippen LogP contribution < -0.4 is 4.74 Å². The van der Waals surface area contributed by atoms with Crippen molar-refractivity contribution < 1.29 is 18.7 Å².